The van der Waals surface area contributed by atoms with E-state index < -0.39 is 0 Å². The lowest BCUT2D eigenvalue weighted by atomic mass is 10.0. The Morgan fingerprint density at radius 2 is 1.92 bits per heavy atom. The maximum Gasteiger partial charge on any atom is 0.230 e. The van der Waals surface area contributed by atoms with E-state index >= 15 is 0 Å². The Balaban J connectivity index is 1.65. The third-order valence-electron chi connectivity index (χ3n) is 4.50. The summed E-state index contributed by atoms with van der Waals surface area (Å²) in [7, 11) is 1.64. The summed E-state index contributed by atoms with van der Waals surface area (Å²) >= 11 is 0. The molecule has 1 fully saturated rings. The Labute approximate surface area is 143 Å². The minimum Gasteiger partial charge on any atom is -0.495 e. The Morgan fingerprint density at radius 1 is 1.17 bits per heavy atom. The first kappa shape index (κ1) is 16.3. The van der Waals surface area contributed by atoms with Crippen molar-refractivity contribution in [2.75, 3.05) is 18.6 Å². The Bertz CT molecular complexity index is 734. The van der Waals surface area contributed by atoms with Gasteiger partial charge in [-0.15, -0.1) is 0 Å². The molecule has 1 saturated heterocycles. The Hall–Kier alpha value is -2.55. The third kappa shape index (κ3) is 3.51. The van der Waals surface area contributed by atoms with Gasteiger partial charge in [-0.25, -0.2) is 0 Å². The van der Waals surface area contributed by atoms with Gasteiger partial charge in [0.05, 0.1) is 12.8 Å². The summed E-state index contributed by atoms with van der Waals surface area (Å²) in [5.74, 6) is 0.992. The van der Waals surface area contributed by atoms with E-state index in [9.17, 15) is 4.79 Å². The minimum absolute atomic E-state index is 0.0524. The molecule has 124 valence electrons. The molecule has 1 atom stereocenters. The summed E-state index contributed by atoms with van der Waals surface area (Å²) in [6.07, 6.45) is 5.87. The Kier molecular flexibility index (Phi) is 4.99. The van der Waals surface area contributed by atoms with Crippen LogP contribution < -0.4 is 9.64 Å². The van der Waals surface area contributed by atoms with Gasteiger partial charge in [-0.3, -0.25) is 4.79 Å². The monoisotopic (exact) mass is 321 g/mol. The molecular weight excluding hydrogens is 298 g/mol. The van der Waals surface area contributed by atoms with E-state index in [0.29, 0.717) is 0 Å². The number of methoxy groups -OCH3 is 1. The van der Waals surface area contributed by atoms with Gasteiger partial charge in [0.25, 0.3) is 0 Å². The Morgan fingerprint density at radius 3 is 2.67 bits per heavy atom. The van der Waals surface area contributed by atoms with Gasteiger partial charge < -0.3 is 9.64 Å². The van der Waals surface area contributed by atoms with E-state index in [-0.39, 0.29) is 11.8 Å². The quantitative estimate of drug-likeness (QED) is 0.813. The molecular formula is C21H23NO2. The number of para-hydroxylation sites is 2. The van der Waals surface area contributed by atoms with Gasteiger partial charge >= 0.3 is 0 Å². The van der Waals surface area contributed by atoms with Crippen LogP contribution in [0.3, 0.4) is 0 Å². The van der Waals surface area contributed by atoms with Crippen molar-refractivity contribution in [3.05, 3.63) is 65.7 Å². The highest BCUT2D eigenvalue weighted by molar-refractivity contribution is 5.98. The largest absolute Gasteiger partial charge is 0.495 e. The molecule has 0 saturated carbocycles. The fourth-order valence-corrected chi connectivity index (χ4v) is 3.10. The molecule has 0 spiro atoms. The average Bonchev–Trinajstić information content (AvgIpc) is 2.97. The van der Waals surface area contributed by atoms with Crippen LogP contribution in [0, 0.1) is 12.8 Å². The highest BCUT2D eigenvalue weighted by Gasteiger charge is 2.32. The van der Waals surface area contributed by atoms with Gasteiger partial charge in [0.2, 0.25) is 5.91 Å². The van der Waals surface area contributed by atoms with E-state index in [1.54, 1.807) is 7.11 Å². The molecule has 0 aliphatic carbocycles. The number of allylic oxidation sites excluding steroid dienone is 1. The molecule has 1 aliphatic heterocycles. The van der Waals surface area contributed by atoms with Gasteiger partial charge in [-0.05, 0) is 37.5 Å². The number of nitrogens with zero attached hydrogens (tertiary/aromatic N) is 1. The highest BCUT2D eigenvalue weighted by atomic mass is 16.5. The van der Waals surface area contributed by atoms with Crippen molar-refractivity contribution >= 4 is 17.7 Å². The van der Waals surface area contributed by atoms with Crippen LogP contribution in [0.1, 0.15) is 24.0 Å². The van der Waals surface area contributed by atoms with Crippen LogP contribution in [0.25, 0.3) is 6.08 Å². The first-order valence-electron chi connectivity index (χ1n) is 8.36. The van der Waals surface area contributed by atoms with Crippen molar-refractivity contribution in [1.82, 2.24) is 0 Å². The number of carbonyl (C=O) groups is 1. The zero-order valence-electron chi connectivity index (χ0n) is 14.2. The summed E-state index contributed by atoms with van der Waals surface area (Å²) in [6, 6.07) is 16.1. The molecule has 2 aromatic carbocycles. The molecule has 3 nitrogen and oxygen atoms in total. The molecule has 0 aromatic heterocycles. The standard InChI is InChI=1S/C21H23NO2/c1-16-10-12-17(13-11-16)6-5-7-18-14-15-22(21(18)23)19-8-3-4-9-20(19)24-2/h3-6,8-13,18H,7,14-15H2,1-2H3/b6-5+. The van der Waals surface area contributed by atoms with Crippen LogP contribution in [-0.2, 0) is 4.79 Å². The summed E-state index contributed by atoms with van der Waals surface area (Å²) in [6.45, 7) is 2.83. The van der Waals surface area contributed by atoms with Gasteiger partial charge in [-0.1, -0.05) is 54.1 Å². The summed E-state index contributed by atoms with van der Waals surface area (Å²) < 4.78 is 5.38. The van der Waals surface area contributed by atoms with Crippen LogP contribution in [0.15, 0.2) is 54.6 Å². The van der Waals surface area contributed by atoms with E-state index in [1.165, 1.54) is 11.1 Å². The second-order valence-corrected chi connectivity index (χ2v) is 6.20. The molecule has 1 heterocycles. The van der Waals surface area contributed by atoms with Crippen molar-refractivity contribution in [3.63, 3.8) is 0 Å². The third-order valence-corrected chi connectivity index (χ3v) is 4.50. The zero-order chi connectivity index (χ0) is 16.9. The first-order chi connectivity index (χ1) is 11.7. The fraction of sp³-hybridized carbons (Fsp3) is 0.286. The average molecular weight is 321 g/mol. The second kappa shape index (κ2) is 7.35. The van der Waals surface area contributed by atoms with E-state index in [0.717, 1.165) is 30.8 Å². The maximum atomic E-state index is 12.7. The molecule has 3 rings (SSSR count). The summed E-state index contributed by atoms with van der Waals surface area (Å²) in [5, 5.41) is 0. The molecule has 0 N–H and O–H groups in total. The van der Waals surface area contributed by atoms with Gasteiger partial charge in [-0.2, -0.15) is 0 Å². The van der Waals surface area contributed by atoms with E-state index in [1.807, 2.05) is 29.2 Å². The highest BCUT2D eigenvalue weighted by Crippen LogP contribution is 2.33. The number of aryl methyl sites for hydroxylation is 1. The van der Waals surface area contributed by atoms with Crippen LogP contribution in [-0.4, -0.2) is 19.6 Å². The number of hydrogen-bond acceptors (Lipinski definition) is 2. The van der Waals surface area contributed by atoms with Crippen molar-refractivity contribution in [1.29, 1.82) is 0 Å². The lowest BCUT2D eigenvalue weighted by Gasteiger charge is -2.19. The van der Waals surface area contributed by atoms with E-state index in [4.69, 9.17) is 4.74 Å². The topological polar surface area (TPSA) is 29.5 Å². The van der Waals surface area contributed by atoms with Crippen molar-refractivity contribution in [3.8, 4) is 5.75 Å². The van der Waals surface area contributed by atoms with Crippen LogP contribution in [0.2, 0.25) is 0 Å². The molecule has 1 aliphatic rings. The summed E-state index contributed by atoms with van der Waals surface area (Å²) in [5.41, 5.74) is 3.30. The smallest absolute Gasteiger partial charge is 0.230 e. The fourth-order valence-electron chi connectivity index (χ4n) is 3.10. The molecule has 2 aromatic rings. The number of benzene rings is 2. The number of hydrogen-bond donors (Lipinski definition) is 0. The first-order valence-corrected chi connectivity index (χ1v) is 8.36. The number of amides is 1. The molecule has 1 amide bonds. The molecule has 0 bridgehead atoms. The number of ether oxygens (including phenoxy) is 1. The van der Waals surface area contributed by atoms with Gasteiger partial charge in [0.15, 0.2) is 0 Å². The lowest BCUT2D eigenvalue weighted by molar-refractivity contribution is -0.120. The minimum atomic E-state index is 0.0524. The van der Waals surface area contributed by atoms with Crippen LogP contribution >= 0.6 is 0 Å². The number of rotatable bonds is 5. The van der Waals surface area contributed by atoms with Gasteiger partial charge in [0.1, 0.15) is 5.75 Å². The molecule has 0 radical (unpaired) electrons. The predicted molar refractivity (Wildman–Crippen MR) is 98.3 cm³/mol. The van der Waals surface area contributed by atoms with Crippen molar-refractivity contribution in [2.24, 2.45) is 5.92 Å². The normalized spacial score (nSPS) is 17.7. The molecule has 1 unspecified atom stereocenters. The van der Waals surface area contributed by atoms with E-state index in [2.05, 4.69) is 43.3 Å². The van der Waals surface area contributed by atoms with Crippen LogP contribution in [0.4, 0.5) is 5.69 Å². The zero-order valence-corrected chi connectivity index (χ0v) is 14.2. The summed E-state index contributed by atoms with van der Waals surface area (Å²) in [4.78, 5) is 14.5. The van der Waals surface area contributed by atoms with Crippen molar-refractivity contribution in [2.45, 2.75) is 19.8 Å². The number of carbonyl (C=O) groups excluding carboxylic acids is 1. The second-order valence-electron chi connectivity index (χ2n) is 6.20. The van der Waals surface area contributed by atoms with Gasteiger partial charge in [0, 0.05) is 12.5 Å². The van der Waals surface area contributed by atoms with Crippen molar-refractivity contribution < 1.29 is 9.53 Å². The number of anilines is 1. The molecule has 3 heteroatoms. The maximum absolute atomic E-state index is 12.7. The SMILES string of the molecule is COc1ccccc1N1CCC(C/C=C/c2ccc(C)cc2)C1=O. The lowest BCUT2D eigenvalue weighted by Crippen LogP contribution is -2.27. The molecule has 24 heavy (non-hydrogen) atoms. The predicted octanol–water partition coefficient (Wildman–Crippen LogP) is 4.46. The van der Waals surface area contributed by atoms with Crippen LogP contribution in [0.5, 0.6) is 5.75 Å².